The molecule has 0 fully saturated rings. The fourth-order valence-corrected chi connectivity index (χ4v) is 1.70. The van der Waals surface area contributed by atoms with E-state index in [0.29, 0.717) is 5.01 Å². The fraction of sp³-hybridized carbons (Fsp3) is 0.500. The van der Waals surface area contributed by atoms with Crippen LogP contribution in [-0.4, -0.2) is 30.0 Å². The molecule has 0 bridgehead atoms. The zero-order valence-electron chi connectivity index (χ0n) is 9.39. The predicted molar refractivity (Wildman–Crippen MR) is 60.2 cm³/mol. The number of ether oxygens (including phenoxy) is 1. The summed E-state index contributed by atoms with van der Waals surface area (Å²) >= 11 is 1.23. The number of thiazole rings is 1. The minimum Gasteiger partial charge on any atom is -0.467 e. The molecule has 1 amide bonds. The fourth-order valence-electron chi connectivity index (χ4n) is 1.16. The van der Waals surface area contributed by atoms with Crippen molar-refractivity contribution in [3.8, 4) is 0 Å². The Bertz CT molecular complexity index is 362. The molecule has 0 aromatic carbocycles. The summed E-state index contributed by atoms with van der Waals surface area (Å²) in [6.07, 6.45) is 1.54. The number of methoxy groups -OCH3 is 1. The van der Waals surface area contributed by atoms with Gasteiger partial charge in [0.2, 0.25) is 0 Å². The number of esters is 1. The van der Waals surface area contributed by atoms with E-state index < -0.39 is 12.0 Å². The van der Waals surface area contributed by atoms with Crippen LogP contribution in [0.25, 0.3) is 0 Å². The van der Waals surface area contributed by atoms with Crippen molar-refractivity contribution >= 4 is 23.2 Å². The monoisotopic (exact) mass is 242 g/mol. The summed E-state index contributed by atoms with van der Waals surface area (Å²) in [6, 6.07) is -0.638. The van der Waals surface area contributed by atoms with Gasteiger partial charge in [-0.2, -0.15) is 0 Å². The van der Waals surface area contributed by atoms with Gasteiger partial charge in [0, 0.05) is 11.6 Å². The van der Waals surface area contributed by atoms with Gasteiger partial charge in [0.05, 0.1) is 7.11 Å². The average molecular weight is 242 g/mol. The summed E-state index contributed by atoms with van der Waals surface area (Å²) in [6.45, 7) is 3.67. The molecule has 0 radical (unpaired) electrons. The Kier molecular flexibility index (Phi) is 4.42. The van der Waals surface area contributed by atoms with Crippen molar-refractivity contribution in [3.63, 3.8) is 0 Å². The highest BCUT2D eigenvalue weighted by Crippen LogP contribution is 2.08. The normalized spacial score (nSPS) is 12.2. The van der Waals surface area contributed by atoms with Crippen molar-refractivity contribution in [1.82, 2.24) is 10.3 Å². The van der Waals surface area contributed by atoms with Crippen molar-refractivity contribution in [3.05, 3.63) is 16.6 Å². The van der Waals surface area contributed by atoms with Crippen LogP contribution in [0.3, 0.4) is 0 Å². The summed E-state index contributed by atoms with van der Waals surface area (Å²) in [7, 11) is 1.30. The average Bonchev–Trinajstić information content (AvgIpc) is 2.77. The highest BCUT2D eigenvalue weighted by Gasteiger charge is 2.25. The predicted octanol–water partition coefficient (Wildman–Crippen LogP) is 1.07. The molecule has 0 aliphatic heterocycles. The standard InChI is InChI=1S/C10H14N2O3S/c1-6(2)7(10(14)15-3)12-8(13)9-11-4-5-16-9/h4-7H,1-3H3,(H,12,13). The van der Waals surface area contributed by atoms with Crippen LogP contribution < -0.4 is 5.32 Å². The van der Waals surface area contributed by atoms with Gasteiger partial charge in [-0.25, -0.2) is 9.78 Å². The van der Waals surface area contributed by atoms with Gasteiger partial charge < -0.3 is 10.1 Å². The van der Waals surface area contributed by atoms with E-state index >= 15 is 0 Å². The van der Waals surface area contributed by atoms with Crippen LogP contribution in [0.15, 0.2) is 11.6 Å². The lowest BCUT2D eigenvalue weighted by Gasteiger charge is -2.18. The Morgan fingerprint density at radius 1 is 1.50 bits per heavy atom. The lowest BCUT2D eigenvalue weighted by molar-refractivity contribution is -0.144. The first-order valence-corrected chi connectivity index (χ1v) is 5.72. The van der Waals surface area contributed by atoms with Crippen LogP contribution in [0.2, 0.25) is 0 Å². The first-order valence-electron chi connectivity index (χ1n) is 4.84. The van der Waals surface area contributed by atoms with Crippen molar-refractivity contribution in [1.29, 1.82) is 0 Å². The third-order valence-electron chi connectivity index (χ3n) is 2.03. The second-order valence-electron chi connectivity index (χ2n) is 3.56. The lowest BCUT2D eigenvalue weighted by atomic mass is 10.0. The van der Waals surface area contributed by atoms with Crippen LogP contribution in [0.1, 0.15) is 23.6 Å². The second-order valence-corrected chi connectivity index (χ2v) is 4.45. The molecule has 0 saturated carbocycles. The largest absolute Gasteiger partial charge is 0.467 e. The van der Waals surface area contributed by atoms with Gasteiger partial charge in [0.25, 0.3) is 5.91 Å². The van der Waals surface area contributed by atoms with Gasteiger partial charge in [-0.3, -0.25) is 4.79 Å². The summed E-state index contributed by atoms with van der Waals surface area (Å²) < 4.78 is 4.62. The van der Waals surface area contributed by atoms with Gasteiger partial charge in [0.1, 0.15) is 6.04 Å². The molecular weight excluding hydrogens is 228 g/mol. The Balaban J connectivity index is 2.69. The quantitative estimate of drug-likeness (QED) is 0.802. The molecule has 1 rings (SSSR count). The van der Waals surface area contributed by atoms with Crippen LogP contribution in [-0.2, 0) is 9.53 Å². The Hall–Kier alpha value is -1.43. The van der Waals surface area contributed by atoms with Crippen LogP contribution in [0.4, 0.5) is 0 Å². The molecule has 88 valence electrons. The van der Waals surface area contributed by atoms with Gasteiger partial charge >= 0.3 is 5.97 Å². The van der Waals surface area contributed by atoms with E-state index in [9.17, 15) is 9.59 Å². The highest BCUT2D eigenvalue weighted by molar-refractivity contribution is 7.11. The van der Waals surface area contributed by atoms with E-state index in [1.165, 1.54) is 18.4 Å². The number of hydrogen-bond acceptors (Lipinski definition) is 5. The number of nitrogens with zero attached hydrogens (tertiary/aromatic N) is 1. The summed E-state index contributed by atoms with van der Waals surface area (Å²) in [5, 5.41) is 4.65. The number of amides is 1. The zero-order valence-corrected chi connectivity index (χ0v) is 10.2. The molecule has 1 aromatic heterocycles. The maximum absolute atomic E-state index is 11.7. The molecule has 0 aliphatic carbocycles. The van der Waals surface area contributed by atoms with Crippen LogP contribution >= 0.6 is 11.3 Å². The maximum atomic E-state index is 11.7. The third-order valence-corrected chi connectivity index (χ3v) is 2.81. The third kappa shape index (κ3) is 3.03. The summed E-state index contributed by atoms with van der Waals surface area (Å²) in [5.41, 5.74) is 0. The lowest BCUT2D eigenvalue weighted by Crippen LogP contribution is -2.44. The van der Waals surface area contributed by atoms with E-state index in [2.05, 4.69) is 15.0 Å². The summed E-state index contributed by atoms with van der Waals surface area (Å²) in [5.74, 6) is -0.824. The van der Waals surface area contributed by atoms with Crippen molar-refractivity contribution in [2.75, 3.05) is 7.11 Å². The van der Waals surface area contributed by atoms with Crippen LogP contribution in [0, 0.1) is 5.92 Å². The minimum atomic E-state index is -0.638. The first-order chi connectivity index (χ1) is 7.56. The molecular formula is C10H14N2O3S. The van der Waals surface area contributed by atoms with Crippen molar-refractivity contribution in [2.24, 2.45) is 5.92 Å². The molecule has 5 nitrogen and oxygen atoms in total. The van der Waals surface area contributed by atoms with Gasteiger partial charge in [-0.1, -0.05) is 13.8 Å². The number of aromatic nitrogens is 1. The van der Waals surface area contributed by atoms with Crippen molar-refractivity contribution in [2.45, 2.75) is 19.9 Å². The Morgan fingerprint density at radius 2 is 2.19 bits per heavy atom. The molecule has 6 heteroatoms. The highest BCUT2D eigenvalue weighted by atomic mass is 32.1. The second kappa shape index (κ2) is 5.60. The zero-order chi connectivity index (χ0) is 12.1. The minimum absolute atomic E-state index is 0.0311. The maximum Gasteiger partial charge on any atom is 0.328 e. The number of hydrogen-bond donors (Lipinski definition) is 1. The van der Waals surface area contributed by atoms with E-state index in [4.69, 9.17) is 0 Å². The van der Waals surface area contributed by atoms with E-state index in [0.717, 1.165) is 0 Å². The van der Waals surface area contributed by atoms with Gasteiger partial charge in [-0.05, 0) is 5.92 Å². The topological polar surface area (TPSA) is 68.3 Å². The van der Waals surface area contributed by atoms with E-state index in [1.807, 2.05) is 13.8 Å². The molecule has 0 spiro atoms. The Labute approximate surface area is 97.8 Å². The molecule has 1 N–H and O–H groups in total. The molecule has 1 atom stereocenters. The number of carbonyl (C=O) groups excluding carboxylic acids is 2. The van der Waals surface area contributed by atoms with Gasteiger partial charge in [0.15, 0.2) is 5.01 Å². The van der Waals surface area contributed by atoms with Gasteiger partial charge in [-0.15, -0.1) is 11.3 Å². The van der Waals surface area contributed by atoms with Crippen LogP contribution in [0.5, 0.6) is 0 Å². The molecule has 1 unspecified atom stereocenters. The molecule has 1 aromatic rings. The smallest absolute Gasteiger partial charge is 0.328 e. The van der Waals surface area contributed by atoms with Crippen molar-refractivity contribution < 1.29 is 14.3 Å². The van der Waals surface area contributed by atoms with E-state index in [1.54, 1.807) is 11.6 Å². The number of nitrogens with one attached hydrogen (secondary N) is 1. The SMILES string of the molecule is COC(=O)C(NC(=O)c1nccs1)C(C)C. The number of carbonyl (C=O) groups is 2. The molecule has 16 heavy (non-hydrogen) atoms. The molecule has 0 saturated heterocycles. The molecule has 1 heterocycles. The summed E-state index contributed by atoms with van der Waals surface area (Å²) in [4.78, 5) is 26.9. The first kappa shape index (κ1) is 12.6. The Morgan fingerprint density at radius 3 is 2.62 bits per heavy atom. The van der Waals surface area contributed by atoms with E-state index in [-0.39, 0.29) is 11.8 Å². The molecule has 0 aliphatic rings. The number of rotatable bonds is 4.